The van der Waals surface area contributed by atoms with Crippen LogP contribution in [0, 0.1) is 0 Å². The molecule has 4 rings (SSSR count). The zero-order chi connectivity index (χ0) is 15.7. The van der Waals surface area contributed by atoms with Crippen LogP contribution >= 0.6 is 0 Å². The van der Waals surface area contributed by atoms with Gasteiger partial charge in [0.25, 0.3) is 0 Å². The summed E-state index contributed by atoms with van der Waals surface area (Å²) in [6, 6.07) is 24.8. The molecule has 2 N–H and O–H groups in total. The molecule has 1 aliphatic rings. The van der Waals surface area contributed by atoms with Crippen molar-refractivity contribution in [3.63, 3.8) is 0 Å². The number of nitrogens with two attached hydrogens (primary N) is 1. The second-order valence-corrected chi connectivity index (χ2v) is 6.04. The molecule has 114 valence electrons. The summed E-state index contributed by atoms with van der Waals surface area (Å²) in [4.78, 5) is 0. The van der Waals surface area contributed by atoms with E-state index in [2.05, 4.69) is 48.5 Å². The number of rotatable bonds is 2. The van der Waals surface area contributed by atoms with Gasteiger partial charge in [-0.1, -0.05) is 72.8 Å². The molecule has 1 saturated heterocycles. The van der Waals surface area contributed by atoms with E-state index in [-0.39, 0.29) is 0 Å². The Morgan fingerprint density at radius 3 is 2.48 bits per heavy atom. The van der Waals surface area contributed by atoms with E-state index < -0.39 is 5.72 Å². The summed E-state index contributed by atoms with van der Waals surface area (Å²) in [5, 5.41) is 2.36. The Hall–Kier alpha value is -2.58. The van der Waals surface area contributed by atoms with Crippen molar-refractivity contribution >= 4 is 16.8 Å². The smallest absolute Gasteiger partial charge is 0.185 e. The van der Waals surface area contributed by atoms with E-state index in [9.17, 15) is 0 Å². The summed E-state index contributed by atoms with van der Waals surface area (Å²) in [5.74, 6) is 0.951. The Balaban J connectivity index is 1.71. The number of benzene rings is 3. The van der Waals surface area contributed by atoms with Crippen LogP contribution in [0.5, 0.6) is 0 Å². The van der Waals surface area contributed by atoms with Crippen LogP contribution < -0.4 is 5.73 Å². The van der Waals surface area contributed by atoms with Gasteiger partial charge in [0.1, 0.15) is 0 Å². The molecule has 1 unspecified atom stereocenters. The highest BCUT2D eigenvalue weighted by atomic mass is 16.5. The number of allylic oxidation sites excluding steroid dienone is 1. The standard InChI is InChI=1S/C21H19NO/c22-21(20-12-6-10-17-9-4-5-11-19(17)20)14-13-18(23-21)15-16-7-2-1-3-8-16/h1-12,15H,13-14,22H2/b18-15+. The quantitative estimate of drug-likeness (QED) is 0.737. The molecular weight excluding hydrogens is 282 g/mol. The van der Waals surface area contributed by atoms with Crippen molar-refractivity contribution in [2.45, 2.75) is 18.6 Å². The van der Waals surface area contributed by atoms with Crippen LogP contribution in [0.1, 0.15) is 24.0 Å². The summed E-state index contributed by atoms with van der Waals surface area (Å²) >= 11 is 0. The maximum absolute atomic E-state index is 6.63. The highest BCUT2D eigenvalue weighted by Gasteiger charge is 2.37. The molecule has 0 bridgehead atoms. The van der Waals surface area contributed by atoms with Gasteiger partial charge >= 0.3 is 0 Å². The maximum atomic E-state index is 6.63. The third-order valence-electron chi connectivity index (χ3n) is 4.43. The molecule has 23 heavy (non-hydrogen) atoms. The van der Waals surface area contributed by atoms with E-state index in [0.717, 1.165) is 29.7 Å². The molecule has 1 atom stereocenters. The van der Waals surface area contributed by atoms with Gasteiger partial charge in [0.05, 0.1) is 5.76 Å². The Kier molecular flexibility index (Phi) is 3.40. The molecular formula is C21H19NO. The second kappa shape index (κ2) is 5.56. The van der Waals surface area contributed by atoms with Crippen molar-refractivity contribution in [2.24, 2.45) is 5.73 Å². The van der Waals surface area contributed by atoms with Crippen LogP contribution in [0.25, 0.3) is 16.8 Å². The molecule has 1 heterocycles. The van der Waals surface area contributed by atoms with E-state index in [1.807, 2.05) is 30.3 Å². The van der Waals surface area contributed by atoms with E-state index in [1.165, 1.54) is 10.8 Å². The molecule has 1 aliphatic heterocycles. The molecule has 2 heteroatoms. The minimum Gasteiger partial charge on any atom is -0.473 e. The van der Waals surface area contributed by atoms with Gasteiger partial charge in [-0.05, 0) is 22.4 Å². The second-order valence-electron chi connectivity index (χ2n) is 6.04. The average molecular weight is 301 g/mol. The lowest BCUT2D eigenvalue weighted by atomic mass is 9.94. The van der Waals surface area contributed by atoms with Gasteiger partial charge in [-0.2, -0.15) is 0 Å². The first kappa shape index (κ1) is 14.0. The fraction of sp³-hybridized carbons (Fsp3) is 0.143. The Morgan fingerprint density at radius 1 is 0.870 bits per heavy atom. The van der Waals surface area contributed by atoms with Crippen molar-refractivity contribution in [2.75, 3.05) is 0 Å². The summed E-state index contributed by atoms with van der Waals surface area (Å²) < 4.78 is 6.19. The number of hydrogen-bond acceptors (Lipinski definition) is 2. The lowest BCUT2D eigenvalue weighted by Crippen LogP contribution is -2.35. The van der Waals surface area contributed by atoms with E-state index >= 15 is 0 Å². The molecule has 3 aromatic carbocycles. The summed E-state index contributed by atoms with van der Waals surface area (Å²) in [7, 11) is 0. The molecule has 3 aromatic rings. The molecule has 2 nitrogen and oxygen atoms in total. The molecule has 0 amide bonds. The van der Waals surface area contributed by atoms with Crippen LogP contribution in [0.2, 0.25) is 0 Å². The monoisotopic (exact) mass is 301 g/mol. The Labute approximate surface area is 136 Å². The molecule has 0 saturated carbocycles. The molecule has 0 aliphatic carbocycles. The van der Waals surface area contributed by atoms with Gasteiger partial charge in [0, 0.05) is 18.4 Å². The average Bonchev–Trinajstić information content (AvgIpc) is 2.97. The van der Waals surface area contributed by atoms with Crippen molar-refractivity contribution in [3.8, 4) is 0 Å². The lowest BCUT2D eigenvalue weighted by molar-refractivity contribution is 0.0456. The zero-order valence-corrected chi connectivity index (χ0v) is 12.9. The molecule has 0 spiro atoms. The van der Waals surface area contributed by atoms with Gasteiger partial charge in [-0.3, -0.25) is 5.73 Å². The predicted molar refractivity (Wildman–Crippen MR) is 94.6 cm³/mol. The maximum Gasteiger partial charge on any atom is 0.185 e. The van der Waals surface area contributed by atoms with Gasteiger partial charge in [-0.15, -0.1) is 0 Å². The first-order valence-corrected chi connectivity index (χ1v) is 7.96. The highest BCUT2D eigenvalue weighted by molar-refractivity contribution is 5.86. The van der Waals surface area contributed by atoms with Gasteiger partial charge < -0.3 is 4.74 Å². The first-order chi connectivity index (χ1) is 11.2. The van der Waals surface area contributed by atoms with E-state index in [1.54, 1.807) is 0 Å². The van der Waals surface area contributed by atoms with Crippen LogP contribution in [0.15, 0.2) is 78.6 Å². The number of fused-ring (bicyclic) bond motifs is 1. The van der Waals surface area contributed by atoms with E-state index in [0.29, 0.717) is 0 Å². The lowest BCUT2D eigenvalue weighted by Gasteiger charge is -2.25. The topological polar surface area (TPSA) is 35.2 Å². The van der Waals surface area contributed by atoms with Crippen molar-refractivity contribution in [1.29, 1.82) is 0 Å². The number of ether oxygens (including phenoxy) is 1. The summed E-state index contributed by atoms with van der Waals surface area (Å²) in [6.07, 6.45) is 3.73. The van der Waals surface area contributed by atoms with Gasteiger partial charge in [-0.25, -0.2) is 0 Å². The van der Waals surface area contributed by atoms with Crippen LogP contribution in [0.4, 0.5) is 0 Å². The van der Waals surface area contributed by atoms with Crippen molar-refractivity contribution in [3.05, 3.63) is 89.7 Å². The Morgan fingerprint density at radius 2 is 1.61 bits per heavy atom. The van der Waals surface area contributed by atoms with Gasteiger partial charge in [0.2, 0.25) is 0 Å². The normalized spacial score (nSPS) is 22.4. The van der Waals surface area contributed by atoms with Crippen molar-refractivity contribution in [1.82, 2.24) is 0 Å². The third-order valence-corrected chi connectivity index (χ3v) is 4.43. The van der Waals surface area contributed by atoms with Crippen LogP contribution in [-0.2, 0) is 10.5 Å². The van der Waals surface area contributed by atoms with E-state index in [4.69, 9.17) is 10.5 Å². The molecule has 0 aromatic heterocycles. The number of hydrogen-bond donors (Lipinski definition) is 1. The molecule has 1 fully saturated rings. The minimum atomic E-state index is -0.749. The Bertz CT molecular complexity index is 864. The fourth-order valence-corrected chi connectivity index (χ4v) is 3.27. The SMILES string of the molecule is NC1(c2cccc3ccccc23)CC/C(=C\c2ccccc2)O1. The molecule has 0 radical (unpaired) electrons. The minimum absolute atomic E-state index is 0.749. The largest absolute Gasteiger partial charge is 0.473 e. The zero-order valence-electron chi connectivity index (χ0n) is 12.9. The van der Waals surface area contributed by atoms with Gasteiger partial charge in [0.15, 0.2) is 5.72 Å². The summed E-state index contributed by atoms with van der Waals surface area (Å²) in [5.41, 5.74) is 8.08. The van der Waals surface area contributed by atoms with Crippen LogP contribution in [0.3, 0.4) is 0 Å². The highest BCUT2D eigenvalue weighted by Crippen LogP contribution is 2.40. The first-order valence-electron chi connectivity index (χ1n) is 7.96. The third kappa shape index (κ3) is 2.62. The van der Waals surface area contributed by atoms with Crippen LogP contribution in [-0.4, -0.2) is 0 Å². The predicted octanol–water partition coefficient (Wildman–Crippen LogP) is 4.80. The fourth-order valence-electron chi connectivity index (χ4n) is 3.27. The summed E-state index contributed by atoms with van der Waals surface area (Å²) in [6.45, 7) is 0. The van der Waals surface area contributed by atoms with Crippen molar-refractivity contribution < 1.29 is 4.74 Å².